The average molecular weight is 424 g/mol. The van der Waals surface area contributed by atoms with Gasteiger partial charge in [-0.25, -0.2) is 9.67 Å². The molecule has 31 heavy (non-hydrogen) atoms. The molecule has 3 heterocycles. The van der Waals surface area contributed by atoms with Crippen molar-refractivity contribution in [3.63, 3.8) is 0 Å². The lowest BCUT2D eigenvalue weighted by atomic mass is 9.78. The Hall–Kier alpha value is -3.16. The van der Waals surface area contributed by atoms with Crippen LogP contribution in [0.1, 0.15) is 47.0 Å². The summed E-state index contributed by atoms with van der Waals surface area (Å²) in [5.41, 5.74) is 1.95. The van der Waals surface area contributed by atoms with Crippen LogP contribution in [-0.4, -0.2) is 31.8 Å². The normalized spacial score (nSPS) is 15.2. The zero-order valence-electron chi connectivity index (χ0n) is 18.7. The molecule has 1 aliphatic carbocycles. The second-order valence-electron chi connectivity index (χ2n) is 9.09. The van der Waals surface area contributed by atoms with Crippen LogP contribution in [0.2, 0.25) is 0 Å². The molecule has 0 aromatic carbocycles. The van der Waals surface area contributed by atoms with Crippen LogP contribution >= 0.6 is 0 Å². The fraction of sp³-hybridized carbons (Fsp3) is 0.478. The Morgan fingerprint density at radius 2 is 2.06 bits per heavy atom. The van der Waals surface area contributed by atoms with Crippen LogP contribution in [0, 0.1) is 5.92 Å². The highest BCUT2D eigenvalue weighted by Gasteiger charge is 2.37. The summed E-state index contributed by atoms with van der Waals surface area (Å²) in [5, 5.41) is 8.41. The summed E-state index contributed by atoms with van der Waals surface area (Å²) < 4.78 is 9.48. The fourth-order valence-corrected chi connectivity index (χ4v) is 3.96. The maximum atomic E-state index is 13.2. The van der Waals surface area contributed by atoms with Crippen molar-refractivity contribution in [1.29, 1.82) is 0 Å². The topological polar surface area (TPSA) is 91.0 Å². The predicted octanol–water partition coefficient (Wildman–Crippen LogP) is 3.69. The van der Waals surface area contributed by atoms with Crippen LogP contribution in [0.5, 0.6) is 5.75 Å². The maximum absolute atomic E-state index is 13.2. The molecule has 0 aliphatic heterocycles. The molecular formula is C23H29N5O3. The largest absolute Gasteiger partial charge is 0.488 e. The Labute approximate surface area is 181 Å². The molecule has 1 saturated carbocycles. The third-order valence-corrected chi connectivity index (χ3v) is 5.85. The van der Waals surface area contributed by atoms with E-state index in [9.17, 15) is 9.59 Å². The lowest BCUT2D eigenvalue weighted by Crippen LogP contribution is -2.45. The van der Waals surface area contributed by atoms with Crippen LogP contribution in [0.25, 0.3) is 22.2 Å². The van der Waals surface area contributed by atoms with Gasteiger partial charge in [-0.3, -0.25) is 9.59 Å². The lowest BCUT2D eigenvalue weighted by Gasteiger charge is -2.39. The summed E-state index contributed by atoms with van der Waals surface area (Å²) >= 11 is 0. The van der Waals surface area contributed by atoms with Crippen LogP contribution in [0.3, 0.4) is 0 Å². The number of hydrogen-bond donors (Lipinski definition) is 1. The van der Waals surface area contributed by atoms with E-state index in [1.165, 1.54) is 6.92 Å². The van der Waals surface area contributed by atoms with Gasteiger partial charge in [-0.15, -0.1) is 0 Å². The molecular weight excluding hydrogens is 394 g/mol. The van der Waals surface area contributed by atoms with Gasteiger partial charge in [0.25, 0.3) is 0 Å². The van der Waals surface area contributed by atoms with Gasteiger partial charge in [0, 0.05) is 37.2 Å². The summed E-state index contributed by atoms with van der Waals surface area (Å²) in [6, 6.07) is 3.57. The molecule has 8 nitrogen and oxygen atoms in total. The summed E-state index contributed by atoms with van der Waals surface area (Å²) in [4.78, 5) is 29.0. The highest BCUT2D eigenvalue weighted by Crippen LogP contribution is 2.38. The standard InChI is InChI=1S/C23H29N5O3/c1-14(2)13-31-20-10-18(26-28(22(20)30)23(4)7-6-8-23)17-12-27(5)19-11-24-21(9-16(17)19)25-15(3)29/h9-12,14H,6-8,13H2,1-5H3,(H,24,25,29). The molecule has 0 atom stereocenters. The minimum atomic E-state index is -0.295. The number of rotatable bonds is 6. The minimum Gasteiger partial charge on any atom is -0.488 e. The molecule has 0 saturated heterocycles. The lowest BCUT2D eigenvalue weighted by molar-refractivity contribution is -0.114. The summed E-state index contributed by atoms with van der Waals surface area (Å²) in [6.45, 7) is 8.08. The summed E-state index contributed by atoms with van der Waals surface area (Å²) in [7, 11) is 1.94. The number of hydrogen-bond acceptors (Lipinski definition) is 5. The van der Waals surface area contributed by atoms with E-state index in [-0.39, 0.29) is 17.0 Å². The van der Waals surface area contributed by atoms with Crippen molar-refractivity contribution in [1.82, 2.24) is 19.3 Å². The number of aryl methyl sites for hydroxylation is 1. The number of carbonyl (C=O) groups excluding carboxylic acids is 1. The molecule has 0 spiro atoms. The molecule has 0 bridgehead atoms. The van der Waals surface area contributed by atoms with E-state index in [0.29, 0.717) is 29.8 Å². The van der Waals surface area contributed by atoms with Gasteiger partial charge in [-0.1, -0.05) is 13.8 Å². The Morgan fingerprint density at radius 1 is 1.32 bits per heavy atom. The number of carbonyl (C=O) groups is 1. The monoisotopic (exact) mass is 423 g/mol. The number of anilines is 1. The maximum Gasteiger partial charge on any atom is 0.309 e. The van der Waals surface area contributed by atoms with E-state index < -0.39 is 0 Å². The Balaban J connectivity index is 1.89. The van der Waals surface area contributed by atoms with Crippen molar-refractivity contribution in [2.75, 3.05) is 11.9 Å². The molecule has 1 amide bonds. The smallest absolute Gasteiger partial charge is 0.309 e. The van der Waals surface area contributed by atoms with Gasteiger partial charge in [-0.05, 0) is 38.2 Å². The van der Waals surface area contributed by atoms with Crippen LogP contribution in [0.15, 0.2) is 29.3 Å². The van der Waals surface area contributed by atoms with Gasteiger partial charge < -0.3 is 14.6 Å². The third-order valence-electron chi connectivity index (χ3n) is 5.85. The number of pyridine rings is 1. The first-order valence-corrected chi connectivity index (χ1v) is 10.7. The van der Waals surface area contributed by atoms with Crippen molar-refractivity contribution < 1.29 is 9.53 Å². The summed E-state index contributed by atoms with van der Waals surface area (Å²) in [6.07, 6.45) is 6.61. The highest BCUT2D eigenvalue weighted by atomic mass is 16.5. The first-order chi connectivity index (χ1) is 14.7. The van der Waals surface area contributed by atoms with Gasteiger partial charge in [0.2, 0.25) is 5.91 Å². The van der Waals surface area contributed by atoms with E-state index in [2.05, 4.69) is 31.1 Å². The molecule has 0 unspecified atom stereocenters. The number of nitrogens with zero attached hydrogens (tertiary/aromatic N) is 4. The third kappa shape index (κ3) is 3.94. The first kappa shape index (κ1) is 21.1. The molecule has 0 radical (unpaired) electrons. The second kappa shape index (κ2) is 7.83. The summed E-state index contributed by atoms with van der Waals surface area (Å²) in [5.74, 6) is 0.911. The number of amides is 1. The Morgan fingerprint density at radius 3 is 2.68 bits per heavy atom. The van der Waals surface area contributed by atoms with E-state index in [1.807, 2.05) is 23.9 Å². The van der Waals surface area contributed by atoms with Crippen molar-refractivity contribution in [3.8, 4) is 17.0 Å². The van der Waals surface area contributed by atoms with Crippen LogP contribution < -0.4 is 15.6 Å². The van der Waals surface area contributed by atoms with Crippen molar-refractivity contribution >= 4 is 22.6 Å². The van der Waals surface area contributed by atoms with Gasteiger partial charge in [0.15, 0.2) is 5.75 Å². The Bertz CT molecular complexity index is 1200. The van der Waals surface area contributed by atoms with Gasteiger partial charge in [0.05, 0.1) is 29.6 Å². The van der Waals surface area contributed by atoms with Crippen LogP contribution in [-0.2, 0) is 17.4 Å². The zero-order chi connectivity index (χ0) is 22.3. The number of aromatic nitrogens is 4. The average Bonchev–Trinajstić information content (AvgIpc) is 3.01. The zero-order valence-corrected chi connectivity index (χ0v) is 18.7. The van der Waals surface area contributed by atoms with E-state index >= 15 is 0 Å². The molecule has 164 valence electrons. The van der Waals surface area contributed by atoms with Crippen molar-refractivity contribution in [2.45, 2.75) is 52.5 Å². The molecule has 4 rings (SSSR count). The number of ether oxygens (including phenoxy) is 1. The van der Waals surface area contributed by atoms with E-state index in [1.54, 1.807) is 16.9 Å². The SMILES string of the molecule is CC(=O)Nc1cc2c(-c3cc(OCC(C)C)c(=O)n(C4(C)CCC4)n3)cn(C)c2cn1. The molecule has 1 fully saturated rings. The van der Waals surface area contributed by atoms with Gasteiger partial charge in [0.1, 0.15) is 5.82 Å². The second-order valence-corrected chi connectivity index (χ2v) is 9.09. The molecule has 8 heteroatoms. The van der Waals surface area contributed by atoms with E-state index in [4.69, 9.17) is 9.84 Å². The van der Waals surface area contributed by atoms with Gasteiger partial charge in [-0.2, -0.15) is 5.10 Å². The quantitative estimate of drug-likeness (QED) is 0.653. The molecule has 1 aliphatic rings. The number of nitrogens with one attached hydrogen (secondary N) is 1. The first-order valence-electron chi connectivity index (χ1n) is 10.7. The Kier molecular flexibility index (Phi) is 5.33. The predicted molar refractivity (Wildman–Crippen MR) is 120 cm³/mol. The highest BCUT2D eigenvalue weighted by molar-refractivity contribution is 5.98. The number of fused-ring (bicyclic) bond motifs is 1. The minimum absolute atomic E-state index is 0.182. The fourth-order valence-electron chi connectivity index (χ4n) is 3.96. The van der Waals surface area contributed by atoms with Gasteiger partial charge >= 0.3 is 5.56 Å². The molecule has 3 aromatic heterocycles. The van der Waals surface area contributed by atoms with Crippen molar-refractivity contribution in [2.24, 2.45) is 13.0 Å². The molecule has 3 aromatic rings. The molecule has 1 N–H and O–H groups in total. The van der Waals surface area contributed by atoms with Crippen LogP contribution in [0.4, 0.5) is 5.82 Å². The van der Waals surface area contributed by atoms with E-state index in [0.717, 1.165) is 35.7 Å². The van der Waals surface area contributed by atoms with Crippen molar-refractivity contribution in [3.05, 3.63) is 34.9 Å².